The summed E-state index contributed by atoms with van der Waals surface area (Å²) in [6.07, 6.45) is -2.38. The Morgan fingerprint density at radius 1 is 1.22 bits per heavy atom. The van der Waals surface area contributed by atoms with Gasteiger partial charge in [-0.3, -0.25) is 14.2 Å². The number of fused-ring (bicyclic) bond motifs is 3. The Kier molecular flexibility index (Phi) is 5.34. The van der Waals surface area contributed by atoms with Crippen molar-refractivity contribution >= 4 is 17.7 Å². The molecule has 11 heteroatoms. The molecule has 5 rings (SSSR count). The number of nitrogens with zero attached hydrogens (tertiary/aromatic N) is 5. The normalized spacial score (nSPS) is 28.4. The second kappa shape index (κ2) is 7.93. The fourth-order valence-corrected chi connectivity index (χ4v) is 5.54. The van der Waals surface area contributed by atoms with Crippen LogP contribution in [0.4, 0.5) is 24.9 Å². The number of hydrogen-bond acceptors (Lipinski definition) is 6. The van der Waals surface area contributed by atoms with Gasteiger partial charge >= 0.3 is 6.18 Å². The molecule has 32 heavy (non-hydrogen) atoms. The number of carbonyl (C=O) groups is 1. The van der Waals surface area contributed by atoms with Crippen molar-refractivity contribution in [2.75, 3.05) is 42.6 Å². The first-order valence-electron chi connectivity index (χ1n) is 11.3. The van der Waals surface area contributed by atoms with Gasteiger partial charge in [0.1, 0.15) is 11.9 Å². The number of halogens is 3. The van der Waals surface area contributed by atoms with Gasteiger partial charge in [0.15, 0.2) is 0 Å². The molecule has 1 amide bonds. The molecule has 0 radical (unpaired) electrons. The summed E-state index contributed by atoms with van der Waals surface area (Å²) < 4.78 is 49.0. The number of amides is 1. The Morgan fingerprint density at radius 2 is 1.97 bits per heavy atom. The van der Waals surface area contributed by atoms with Crippen LogP contribution in [0.1, 0.15) is 32.6 Å². The number of anilines is 2. The molecule has 5 heterocycles. The van der Waals surface area contributed by atoms with Crippen molar-refractivity contribution < 1.29 is 22.7 Å². The molecule has 3 saturated heterocycles. The fraction of sp³-hybridized carbons (Fsp3) is 0.762. The summed E-state index contributed by atoms with van der Waals surface area (Å²) in [5.41, 5.74) is -0.314. The topological polar surface area (TPSA) is 70.9 Å². The number of hydrogen-bond donors (Lipinski definition) is 0. The first-order valence-corrected chi connectivity index (χ1v) is 11.3. The van der Waals surface area contributed by atoms with Crippen LogP contribution < -0.4 is 15.4 Å². The Labute approximate surface area is 183 Å². The SMILES string of the molecule is CC(=O)N1CCC(CN2c3nc(N4C[C@@H]5C[C@H]4CO5)cc(=O)n3CC[C@H]2C(F)(F)F)CC1. The van der Waals surface area contributed by atoms with Crippen molar-refractivity contribution in [3.05, 3.63) is 16.4 Å². The Hall–Kier alpha value is -2.30. The number of piperidine rings is 1. The van der Waals surface area contributed by atoms with Crippen LogP contribution in [0.5, 0.6) is 0 Å². The van der Waals surface area contributed by atoms with Crippen LogP contribution >= 0.6 is 0 Å². The van der Waals surface area contributed by atoms with E-state index in [4.69, 9.17) is 4.74 Å². The van der Waals surface area contributed by atoms with Crippen LogP contribution in [0.15, 0.2) is 10.9 Å². The lowest BCUT2D eigenvalue weighted by Crippen LogP contribution is -2.54. The Balaban J connectivity index is 1.45. The average molecular weight is 455 g/mol. The van der Waals surface area contributed by atoms with Gasteiger partial charge in [0.05, 0.1) is 18.8 Å². The molecule has 0 N–H and O–H groups in total. The minimum atomic E-state index is -4.42. The van der Waals surface area contributed by atoms with E-state index in [1.165, 1.54) is 22.5 Å². The highest BCUT2D eigenvalue weighted by molar-refractivity contribution is 5.73. The summed E-state index contributed by atoms with van der Waals surface area (Å²) in [4.78, 5) is 34.1. The number of aromatic nitrogens is 2. The molecule has 3 atom stereocenters. The van der Waals surface area contributed by atoms with E-state index in [-0.39, 0.29) is 55.0 Å². The van der Waals surface area contributed by atoms with Gasteiger partial charge in [-0.05, 0) is 31.6 Å². The number of ether oxygens (including phenoxy) is 1. The second-order valence-corrected chi connectivity index (χ2v) is 9.35. The fourth-order valence-electron chi connectivity index (χ4n) is 5.54. The minimum Gasteiger partial charge on any atom is -0.374 e. The first kappa shape index (κ1) is 21.5. The smallest absolute Gasteiger partial charge is 0.374 e. The second-order valence-electron chi connectivity index (χ2n) is 9.35. The molecule has 4 aliphatic rings. The molecule has 1 aromatic rings. The predicted octanol–water partition coefficient (Wildman–Crippen LogP) is 1.62. The number of morpholine rings is 1. The van der Waals surface area contributed by atoms with Gasteiger partial charge in [0.25, 0.3) is 5.56 Å². The van der Waals surface area contributed by atoms with Crippen molar-refractivity contribution in [3.63, 3.8) is 0 Å². The molecule has 8 nitrogen and oxygen atoms in total. The van der Waals surface area contributed by atoms with Gasteiger partial charge in [0.2, 0.25) is 11.9 Å². The quantitative estimate of drug-likeness (QED) is 0.690. The van der Waals surface area contributed by atoms with Crippen LogP contribution in [0.2, 0.25) is 0 Å². The maximum absolute atomic E-state index is 14.0. The van der Waals surface area contributed by atoms with Crippen LogP contribution in [0.25, 0.3) is 0 Å². The van der Waals surface area contributed by atoms with Crippen molar-refractivity contribution in [1.82, 2.24) is 14.5 Å². The van der Waals surface area contributed by atoms with E-state index >= 15 is 0 Å². The molecule has 3 fully saturated rings. The van der Waals surface area contributed by atoms with E-state index in [0.29, 0.717) is 44.9 Å². The summed E-state index contributed by atoms with van der Waals surface area (Å²) in [5.74, 6) is 0.537. The Bertz CT molecular complexity index is 944. The highest BCUT2D eigenvalue weighted by Crippen LogP contribution is 2.37. The standard InChI is InChI=1S/C21H28F3N5O3/c1-13(30)26-5-2-14(3-6-26)10-29-17(21(22,23)24)4-7-27-19(31)9-18(25-20(27)29)28-11-16-8-15(28)12-32-16/h9,14-17H,2-8,10-12H2,1H3/t15-,16-,17-/m0/s1. The lowest BCUT2D eigenvalue weighted by Gasteiger charge is -2.42. The number of carbonyl (C=O) groups excluding carboxylic acids is 1. The van der Waals surface area contributed by atoms with Crippen molar-refractivity contribution in [2.24, 2.45) is 5.92 Å². The summed E-state index contributed by atoms with van der Waals surface area (Å²) in [6, 6.07) is -0.114. The summed E-state index contributed by atoms with van der Waals surface area (Å²) >= 11 is 0. The molecule has 4 aliphatic heterocycles. The number of alkyl halides is 3. The zero-order chi connectivity index (χ0) is 22.6. The molecule has 0 unspecified atom stereocenters. The van der Waals surface area contributed by atoms with Crippen molar-refractivity contribution in [2.45, 2.75) is 63.5 Å². The van der Waals surface area contributed by atoms with Crippen LogP contribution in [-0.2, 0) is 16.1 Å². The molecule has 0 aliphatic carbocycles. The molecular weight excluding hydrogens is 427 g/mol. The zero-order valence-electron chi connectivity index (χ0n) is 18.1. The number of likely N-dealkylation sites (tertiary alicyclic amines) is 1. The molecule has 1 aromatic heterocycles. The van der Waals surface area contributed by atoms with Crippen molar-refractivity contribution in [3.8, 4) is 0 Å². The molecule has 0 aromatic carbocycles. The van der Waals surface area contributed by atoms with E-state index in [2.05, 4.69) is 4.98 Å². The van der Waals surface area contributed by atoms with Gasteiger partial charge in [-0.25, -0.2) is 0 Å². The third-order valence-electron chi connectivity index (χ3n) is 7.32. The maximum Gasteiger partial charge on any atom is 0.408 e. The van der Waals surface area contributed by atoms with E-state index in [1.807, 2.05) is 4.90 Å². The lowest BCUT2D eigenvalue weighted by atomic mass is 9.95. The lowest BCUT2D eigenvalue weighted by molar-refractivity contribution is -0.153. The van der Waals surface area contributed by atoms with Gasteiger partial charge in [0, 0.05) is 45.7 Å². The molecule has 176 valence electrons. The van der Waals surface area contributed by atoms with Gasteiger partial charge in [-0.2, -0.15) is 18.2 Å². The summed E-state index contributed by atoms with van der Waals surface area (Å²) in [5, 5.41) is 0. The van der Waals surface area contributed by atoms with Crippen molar-refractivity contribution in [1.29, 1.82) is 0 Å². The largest absolute Gasteiger partial charge is 0.408 e. The van der Waals surface area contributed by atoms with Crippen LogP contribution in [0, 0.1) is 5.92 Å². The maximum atomic E-state index is 14.0. The van der Waals surface area contributed by atoms with E-state index in [1.54, 1.807) is 4.90 Å². The van der Waals surface area contributed by atoms with Gasteiger partial charge < -0.3 is 19.4 Å². The van der Waals surface area contributed by atoms with Gasteiger partial charge in [-0.15, -0.1) is 0 Å². The van der Waals surface area contributed by atoms with Crippen LogP contribution in [0.3, 0.4) is 0 Å². The zero-order valence-corrected chi connectivity index (χ0v) is 18.1. The summed E-state index contributed by atoms with van der Waals surface area (Å²) in [7, 11) is 0. The van der Waals surface area contributed by atoms with E-state index in [9.17, 15) is 22.8 Å². The highest BCUT2D eigenvalue weighted by Gasteiger charge is 2.48. The Morgan fingerprint density at radius 3 is 2.56 bits per heavy atom. The first-order chi connectivity index (χ1) is 15.2. The van der Waals surface area contributed by atoms with E-state index in [0.717, 1.165) is 6.42 Å². The molecule has 0 saturated carbocycles. The average Bonchev–Trinajstić information content (AvgIpc) is 3.37. The molecule has 2 bridgehead atoms. The molecular formula is C21H28F3N5O3. The van der Waals surface area contributed by atoms with Crippen LogP contribution in [-0.4, -0.2) is 77.5 Å². The molecule has 0 spiro atoms. The number of rotatable bonds is 3. The highest BCUT2D eigenvalue weighted by atomic mass is 19.4. The monoisotopic (exact) mass is 455 g/mol. The minimum absolute atomic E-state index is 0.0000684. The predicted molar refractivity (Wildman–Crippen MR) is 111 cm³/mol. The summed E-state index contributed by atoms with van der Waals surface area (Å²) in [6.45, 7) is 3.92. The third kappa shape index (κ3) is 3.84. The van der Waals surface area contributed by atoms with Gasteiger partial charge in [-0.1, -0.05) is 0 Å². The van der Waals surface area contributed by atoms with E-state index < -0.39 is 12.2 Å². The third-order valence-corrected chi connectivity index (χ3v) is 7.32.